The first-order chi connectivity index (χ1) is 14.0. The van der Waals surface area contributed by atoms with E-state index in [0.717, 1.165) is 11.3 Å². The van der Waals surface area contributed by atoms with Crippen LogP contribution in [0.1, 0.15) is 18.9 Å². The van der Waals surface area contributed by atoms with Crippen molar-refractivity contribution in [3.8, 4) is 17.0 Å². The molecule has 7 heteroatoms. The average molecular weight is 407 g/mol. The van der Waals surface area contributed by atoms with Crippen LogP contribution in [0, 0.1) is 6.92 Å². The fourth-order valence-electron chi connectivity index (χ4n) is 3.17. The maximum Gasteiger partial charge on any atom is 0.267 e. The largest absolute Gasteiger partial charge is 0.479 e. The molecular formula is C22H21N3O3S. The molecule has 0 aliphatic carbocycles. The number of carbonyl (C=O) groups is 2. The van der Waals surface area contributed by atoms with E-state index in [9.17, 15) is 9.59 Å². The van der Waals surface area contributed by atoms with Crippen molar-refractivity contribution < 1.29 is 14.3 Å². The summed E-state index contributed by atoms with van der Waals surface area (Å²) in [4.78, 5) is 31.0. The van der Waals surface area contributed by atoms with E-state index < -0.39 is 6.10 Å². The van der Waals surface area contributed by atoms with Gasteiger partial charge in [-0.05, 0) is 26.0 Å². The highest BCUT2D eigenvalue weighted by atomic mass is 32.1. The van der Waals surface area contributed by atoms with E-state index in [1.165, 1.54) is 16.9 Å². The summed E-state index contributed by atoms with van der Waals surface area (Å²) in [5.41, 5.74) is 3.72. The minimum atomic E-state index is -0.566. The van der Waals surface area contributed by atoms with Gasteiger partial charge in [0.2, 0.25) is 5.91 Å². The van der Waals surface area contributed by atoms with E-state index in [4.69, 9.17) is 4.74 Å². The lowest BCUT2D eigenvalue weighted by atomic mass is 10.1. The van der Waals surface area contributed by atoms with Gasteiger partial charge >= 0.3 is 0 Å². The Kier molecular flexibility index (Phi) is 5.31. The summed E-state index contributed by atoms with van der Waals surface area (Å²) in [6.07, 6.45) is -0.393. The molecular weight excluding hydrogens is 386 g/mol. The summed E-state index contributed by atoms with van der Waals surface area (Å²) in [6.45, 7) is 4.04. The Balaban J connectivity index is 1.39. The third kappa shape index (κ3) is 4.14. The zero-order valence-electron chi connectivity index (χ0n) is 16.2. The number of hydrogen-bond donors (Lipinski definition) is 1. The second-order valence-electron chi connectivity index (χ2n) is 6.92. The van der Waals surface area contributed by atoms with Crippen molar-refractivity contribution in [3.05, 3.63) is 59.5 Å². The molecule has 6 nitrogen and oxygen atoms in total. The minimum absolute atomic E-state index is 0.146. The molecule has 4 rings (SSSR count). The quantitative estimate of drug-likeness (QED) is 0.686. The Morgan fingerprint density at radius 1 is 1.21 bits per heavy atom. The average Bonchev–Trinajstić information content (AvgIpc) is 3.17. The van der Waals surface area contributed by atoms with Crippen molar-refractivity contribution in [2.45, 2.75) is 26.4 Å². The monoisotopic (exact) mass is 407 g/mol. The van der Waals surface area contributed by atoms with Gasteiger partial charge in [0.05, 0.1) is 11.4 Å². The van der Waals surface area contributed by atoms with E-state index in [1.807, 2.05) is 60.8 Å². The first-order valence-electron chi connectivity index (χ1n) is 9.41. The molecule has 2 amide bonds. The number of ether oxygens (including phenoxy) is 1. The highest BCUT2D eigenvalue weighted by molar-refractivity contribution is 7.14. The molecule has 2 aromatic carbocycles. The number of anilines is 2. The van der Waals surface area contributed by atoms with Gasteiger partial charge in [-0.15, -0.1) is 11.3 Å². The van der Waals surface area contributed by atoms with Gasteiger partial charge in [-0.3, -0.25) is 9.59 Å². The number of rotatable bonds is 5. The predicted octanol–water partition coefficient (Wildman–Crippen LogP) is 4.26. The van der Waals surface area contributed by atoms with Crippen LogP contribution in [0.4, 0.5) is 10.8 Å². The summed E-state index contributed by atoms with van der Waals surface area (Å²) in [7, 11) is 0. The van der Waals surface area contributed by atoms with E-state index in [2.05, 4.69) is 10.3 Å². The van der Waals surface area contributed by atoms with Gasteiger partial charge in [0.15, 0.2) is 11.2 Å². The molecule has 0 saturated heterocycles. The molecule has 1 N–H and O–H groups in total. The highest BCUT2D eigenvalue weighted by Crippen LogP contribution is 2.33. The fraction of sp³-hybridized carbons (Fsp3) is 0.227. The standard InChI is InChI=1S/C22H21N3O3S/c1-14-7-9-16(10-8-14)17-13-29-22(23-17)24-20(26)11-12-25-18-5-3-4-6-19(18)28-15(2)21(25)27/h3-10,13,15H,11-12H2,1-2H3,(H,23,24,26)/t15-/m0/s1. The summed E-state index contributed by atoms with van der Waals surface area (Å²) in [6, 6.07) is 15.5. The van der Waals surface area contributed by atoms with Crippen molar-refractivity contribution in [2.24, 2.45) is 0 Å². The lowest BCUT2D eigenvalue weighted by Gasteiger charge is -2.32. The molecule has 1 aromatic heterocycles. The van der Waals surface area contributed by atoms with Gasteiger partial charge in [-0.25, -0.2) is 4.98 Å². The Hall–Kier alpha value is -3.19. The van der Waals surface area contributed by atoms with Crippen LogP contribution >= 0.6 is 11.3 Å². The van der Waals surface area contributed by atoms with Crippen molar-refractivity contribution in [2.75, 3.05) is 16.8 Å². The Morgan fingerprint density at radius 2 is 1.97 bits per heavy atom. The Morgan fingerprint density at radius 3 is 2.76 bits per heavy atom. The number of aromatic nitrogens is 1. The van der Waals surface area contributed by atoms with Crippen LogP contribution in [0.5, 0.6) is 5.75 Å². The number of nitrogens with one attached hydrogen (secondary N) is 1. The molecule has 0 radical (unpaired) electrons. The second-order valence-corrected chi connectivity index (χ2v) is 7.78. The molecule has 1 aliphatic rings. The molecule has 0 spiro atoms. The molecule has 3 aromatic rings. The van der Waals surface area contributed by atoms with E-state index in [-0.39, 0.29) is 24.8 Å². The zero-order valence-corrected chi connectivity index (χ0v) is 17.0. The van der Waals surface area contributed by atoms with Crippen LogP contribution < -0.4 is 15.0 Å². The van der Waals surface area contributed by atoms with Gasteiger partial charge in [-0.1, -0.05) is 42.0 Å². The molecule has 2 heterocycles. The van der Waals surface area contributed by atoms with Crippen LogP contribution in [-0.2, 0) is 9.59 Å². The molecule has 0 saturated carbocycles. The first-order valence-corrected chi connectivity index (χ1v) is 10.3. The number of nitrogens with zero attached hydrogens (tertiary/aromatic N) is 2. The van der Waals surface area contributed by atoms with E-state index in [1.54, 1.807) is 11.8 Å². The number of para-hydroxylation sites is 2. The number of fused-ring (bicyclic) bond motifs is 1. The van der Waals surface area contributed by atoms with E-state index >= 15 is 0 Å². The van der Waals surface area contributed by atoms with Crippen LogP contribution in [0.25, 0.3) is 11.3 Å². The highest BCUT2D eigenvalue weighted by Gasteiger charge is 2.31. The van der Waals surface area contributed by atoms with Crippen LogP contribution in [0.15, 0.2) is 53.9 Å². The number of carbonyl (C=O) groups excluding carboxylic acids is 2. The normalized spacial score (nSPS) is 15.6. The van der Waals surface area contributed by atoms with E-state index in [0.29, 0.717) is 16.6 Å². The number of thiazole rings is 1. The van der Waals surface area contributed by atoms with Crippen molar-refractivity contribution in [1.29, 1.82) is 0 Å². The molecule has 1 aliphatic heterocycles. The molecule has 29 heavy (non-hydrogen) atoms. The summed E-state index contributed by atoms with van der Waals surface area (Å²) in [5.74, 6) is 0.328. The number of benzene rings is 2. The van der Waals surface area contributed by atoms with Crippen LogP contribution in [0.2, 0.25) is 0 Å². The fourth-order valence-corrected chi connectivity index (χ4v) is 3.91. The third-order valence-electron chi connectivity index (χ3n) is 4.73. The van der Waals surface area contributed by atoms with Crippen molar-refractivity contribution in [3.63, 3.8) is 0 Å². The number of aryl methyl sites for hydroxylation is 1. The molecule has 0 unspecified atom stereocenters. The molecule has 0 fully saturated rings. The summed E-state index contributed by atoms with van der Waals surface area (Å²) < 4.78 is 5.63. The topological polar surface area (TPSA) is 71.5 Å². The predicted molar refractivity (Wildman–Crippen MR) is 114 cm³/mol. The molecule has 148 valence electrons. The van der Waals surface area contributed by atoms with Crippen LogP contribution in [0.3, 0.4) is 0 Å². The molecule has 1 atom stereocenters. The Labute approximate surface area is 173 Å². The lowest BCUT2D eigenvalue weighted by Crippen LogP contribution is -2.45. The Bertz CT molecular complexity index is 1050. The van der Waals surface area contributed by atoms with Gasteiger partial charge < -0.3 is 15.0 Å². The SMILES string of the molecule is Cc1ccc(-c2csc(NC(=O)CCN3C(=O)[C@H](C)Oc4ccccc43)n2)cc1. The first kappa shape index (κ1) is 19.1. The van der Waals surface area contributed by atoms with Crippen LogP contribution in [-0.4, -0.2) is 29.4 Å². The lowest BCUT2D eigenvalue weighted by molar-refractivity contribution is -0.125. The third-order valence-corrected chi connectivity index (χ3v) is 5.49. The second kappa shape index (κ2) is 8.05. The van der Waals surface area contributed by atoms with Crippen molar-refractivity contribution >= 4 is 34.0 Å². The molecule has 0 bridgehead atoms. The maximum atomic E-state index is 12.5. The number of amides is 2. The smallest absolute Gasteiger partial charge is 0.267 e. The summed E-state index contributed by atoms with van der Waals surface area (Å²) in [5, 5.41) is 5.30. The van der Waals surface area contributed by atoms with Gasteiger partial charge in [0.1, 0.15) is 5.75 Å². The number of hydrogen-bond acceptors (Lipinski definition) is 5. The van der Waals surface area contributed by atoms with Gasteiger partial charge in [0, 0.05) is 23.9 Å². The maximum absolute atomic E-state index is 12.5. The van der Waals surface area contributed by atoms with Crippen molar-refractivity contribution in [1.82, 2.24) is 4.98 Å². The van der Waals surface area contributed by atoms with Gasteiger partial charge in [0.25, 0.3) is 5.91 Å². The minimum Gasteiger partial charge on any atom is -0.479 e. The van der Waals surface area contributed by atoms with Gasteiger partial charge in [-0.2, -0.15) is 0 Å². The zero-order chi connectivity index (χ0) is 20.4. The summed E-state index contributed by atoms with van der Waals surface area (Å²) >= 11 is 1.38.